The van der Waals surface area contributed by atoms with Gasteiger partial charge in [0.15, 0.2) is 0 Å². The first-order valence-corrected chi connectivity index (χ1v) is 10.5. The number of anilines is 1. The van der Waals surface area contributed by atoms with Crippen LogP contribution in [-0.2, 0) is 23.6 Å². The Labute approximate surface area is 156 Å². The molecule has 3 heterocycles. The molecule has 1 fully saturated rings. The van der Waals surface area contributed by atoms with Crippen LogP contribution in [0.2, 0.25) is 0 Å². The lowest BCUT2D eigenvalue weighted by Gasteiger charge is -2.25. The summed E-state index contributed by atoms with van der Waals surface area (Å²) in [4.78, 5) is 18.0. The number of nitrogens with zero attached hydrogens (tertiary/aromatic N) is 2. The van der Waals surface area contributed by atoms with Crippen molar-refractivity contribution in [3.05, 3.63) is 46.5 Å². The number of rotatable bonds is 3. The maximum absolute atomic E-state index is 12.6. The molecular formula is C19H20N4O3S. The number of aryl methyl sites for hydroxylation is 1. The van der Waals surface area contributed by atoms with E-state index >= 15 is 0 Å². The molecule has 5 rings (SSSR count). The smallest absolute Gasteiger partial charge is 0.274 e. The molecular weight excluding hydrogens is 364 g/mol. The van der Waals surface area contributed by atoms with Crippen LogP contribution >= 0.6 is 0 Å². The first-order valence-electron chi connectivity index (χ1n) is 8.94. The zero-order valence-corrected chi connectivity index (χ0v) is 15.7. The third-order valence-corrected chi connectivity index (χ3v) is 6.46. The van der Waals surface area contributed by atoms with E-state index in [0.717, 1.165) is 34.3 Å². The summed E-state index contributed by atoms with van der Waals surface area (Å²) in [7, 11) is -2.12. The minimum Gasteiger partial charge on any atom is -0.366 e. The molecule has 140 valence electrons. The molecule has 27 heavy (non-hydrogen) atoms. The maximum Gasteiger partial charge on any atom is 0.274 e. The van der Waals surface area contributed by atoms with Crippen molar-refractivity contribution in [2.45, 2.75) is 24.3 Å². The zero-order chi connectivity index (χ0) is 18.9. The minimum atomic E-state index is -3.82. The first kappa shape index (κ1) is 16.6. The van der Waals surface area contributed by atoms with E-state index in [-0.39, 0.29) is 10.5 Å². The third kappa shape index (κ3) is 2.59. The number of H-pyrrole nitrogens is 1. The van der Waals surface area contributed by atoms with Crippen molar-refractivity contribution in [2.75, 3.05) is 11.4 Å². The summed E-state index contributed by atoms with van der Waals surface area (Å²) in [6, 6.07) is 5.03. The monoisotopic (exact) mass is 384 g/mol. The van der Waals surface area contributed by atoms with Gasteiger partial charge >= 0.3 is 0 Å². The van der Waals surface area contributed by atoms with Crippen LogP contribution in [-0.4, -0.2) is 24.5 Å². The Kier molecular flexibility index (Phi) is 3.36. The maximum atomic E-state index is 12.6. The highest BCUT2D eigenvalue weighted by atomic mass is 32.2. The number of hydrogen-bond donors (Lipinski definition) is 2. The van der Waals surface area contributed by atoms with Crippen molar-refractivity contribution in [1.82, 2.24) is 9.55 Å². The van der Waals surface area contributed by atoms with E-state index in [1.165, 1.54) is 17.4 Å². The fourth-order valence-electron chi connectivity index (χ4n) is 4.01. The number of nitrogens with two attached hydrogens (primary N) is 1. The van der Waals surface area contributed by atoms with Crippen LogP contribution in [0.5, 0.6) is 0 Å². The molecule has 3 N–H and O–H groups in total. The van der Waals surface area contributed by atoms with Gasteiger partial charge in [0.25, 0.3) is 5.56 Å². The van der Waals surface area contributed by atoms with Gasteiger partial charge in [0.2, 0.25) is 10.0 Å². The highest BCUT2D eigenvalue weighted by Gasteiger charge is 2.30. The standard InChI is InChI=1S/C19H20N4O3S/c1-22-10-15-14-6-13(27(20,25)26)4-5-16(14)23(8-11-2-3-11)9-12-7-21-18(17(12)15)19(22)24/h4-7,10-11,21H,2-3,8-9H2,1H3,(H2,20,25,26). The fraction of sp³-hybridized carbons (Fsp3) is 0.316. The summed E-state index contributed by atoms with van der Waals surface area (Å²) >= 11 is 0. The Morgan fingerprint density at radius 1 is 1.26 bits per heavy atom. The van der Waals surface area contributed by atoms with Crippen LogP contribution in [0.1, 0.15) is 18.4 Å². The number of benzene rings is 1. The van der Waals surface area contributed by atoms with E-state index in [0.29, 0.717) is 18.0 Å². The molecule has 1 aliphatic heterocycles. The molecule has 1 saturated carbocycles. The second-order valence-corrected chi connectivity index (χ2v) is 9.13. The van der Waals surface area contributed by atoms with Gasteiger partial charge in [-0.3, -0.25) is 4.79 Å². The van der Waals surface area contributed by atoms with Crippen molar-refractivity contribution < 1.29 is 8.42 Å². The Balaban J connectivity index is 1.85. The quantitative estimate of drug-likeness (QED) is 0.720. The van der Waals surface area contributed by atoms with Gasteiger partial charge in [0, 0.05) is 54.7 Å². The summed E-state index contributed by atoms with van der Waals surface area (Å²) < 4.78 is 25.4. The number of pyridine rings is 1. The van der Waals surface area contributed by atoms with Crippen LogP contribution < -0.4 is 15.6 Å². The molecule has 0 radical (unpaired) electrons. The molecule has 1 aromatic carbocycles. The fourth-order valence-corrected chi connectivity index (χ4v) is 4.55. The van der Waals surface area contributed by atoms with Crippen molar-refractivity contribution in [2.24, 2.45) is 18.1 Å². The summed E-state index contributed by atoms with van der Waals surface area (Å²) in [5, 5.41) is 6.24. The molecule has 0 bridgehead atoms. The van der Waals surface area contributed by atoms with E-state index in [9.17, 15) is 13.2 Å². The Hall–Kier alpha value is -2.58. The van der Waals surface area contributed by atoms with Crippen molar-refractivity contribution in [3.63, 3.8) is 0 Å². The van der Waals surface area contributed by atoms with E-state index in [2.05, 4.69) is 9.88 Å². The molecule has 0 unspecified atom stereocenters. The average molecular weight is 384 g/mol. The second-order valence-electron chi connectivity index (χ2n) is 7.57. The Morgan fingerprint density at radius 3 is 2.74 bits per heavy atom. The normalized spacial score (nSPS) is 16.4. The Morgan fingerprint density at radius 2 is 2.04 bits per heavy atom. The average Bonchev–Trinajstić information content (AvgIpc) is 3.35. The number of hydrogen-bond acceptors (Lipinski definition) is 4. The molecule has 2 aliphatic rings. The first-order chi connectivity index (χ1) is 12.8. The summed E-state index contributed by atoms with van der Waals surface area (Å²) in [5.74, 6) is 0.664. The molecule has 2 aromatic heterocycles. The topological polar surface area (TPSA) is 101 Å². The molecule has 3 aromatic rings. The van der Waals surface area contributed by atoms with E-state index in [4.69, 9.17) is 5.14 Å². The number of aromatic amines is 1. The van der Waals surface area contributed by atoms with Crippen LogP contribution in [0.3, 0.4) is 0 Å². The van der Waals surface area contributed by atoms with Crippen LogP contribution in [0.25, 0.3) is 22.0 Å². The molecule has 0 atom stereocenters. The molecule has 8 heteroatoms. The largest absolute Gasteiger partial charge is 0.366 e. The van der Waals surface area contributed by atoms with Crippen LogP contribution in [0, 0.1) is 5.92 Å². The van der Waals surface area contributed by atoms with Gasteiger partial charge in [-0.05, 0) is 42.5 Å². The number of fused-ring (bicyclic) bond motifs is 2. The number of primary sulfonamides is 1. The van der Waals surface area contributed by atoms with Crippen molar-refractivity contribution >= 4 is 26.6 Å². The van der Waals surface area contributed by atoms with Crippen LogP contribution in [0.4, 0.5) is 5.69 Å². The minimum absolute atomic E-state index is 0.0774. The van der Waals surface area contributed by atoms with Crippen molar-refractivity contribution in [1.29, 1.82) is 0 Å². The van der Waals surface area contributed by atoms with E-state index in [1.54, 1.807) is 25.4 Å². The summed E-state index contributed by atoms with van der Waals surface area (Å²) in [6.45, 7) is 1.59. The van der Waals surface area contributed by atoms with Gasteiger partial charge in [0.1, 0.15) is 5.52 Å². The second kappa shape index (κ2) is 5.46. The third-order valence-electron chi connectivity index (χ3n) is 5.55. The number of nitrogens with one attached hydrogen (secondary N) is 1. The van der Waals surface area contributed by atoms with Crippen LogP contribution in [0.15, 0.2) is 40.3 Å². The lowest BCUT2D eigenvalue weighted by Crippen LogP contribution is -2.25. The molecule has 0 amide bonds. The molecule has 0 saturated heterocycles. The number of sulfonamides is 1. The van der Waals surface area contributed by atoms with Gasteiger partial charge in [-0.1, -0.05) is 0 Å². The predicted molar refractivity (Wildman–Crippen MR) is 104 cm³/mol. The predicted octanol–water partition coefficient (Wildman–Crippen LogP) is 1.91. The van der Waals surface area contributed by atoms with Gasteiger partial charge in [-0.25, -0.2) is 13.6 Å². The van der Waals surface area contributed by atoms with Gasteiger partial charge in [-0.2, -0.15) is 0 Å². The lowest BCUT2D eigenvalue weighted by atomic mass is 10.0. The molecule has 0 spiro atoms. The van der Waals surface area contributed by atoms with E-state index < -0.39 is 10.0 Å². The SMILES string of the molecule is Cn1cc2c3c(c[nH]c3c1=O)CN(CC1CC1)c1ccc(S(N)(=O)=O)cc1-2. The zero-order valence-electron chi connectivity index (χ0n) is 14.9. The summed E-state index contributed by atoms with van der Waals surface area (Å²) in [5.41, 5.74) is 4.12. The van der Waals surface area contributed by atoms with Gasteiger partial charge in [-0.15, -0.1) is 0 Å². The Bertz CT molecular complexity index is 1250. The highest BCUT2D eigenvalue weighted by Crippen LogP contribution is 2.43. The lowest BCUT2D eigenvalue weighted by molar-refractivity contribution is 0.598. The molecule has 1 aliphatic carbocycles. The molecule has 7 nitrogen and oxygen atoms in total. The summed E-state index contributed by atoms with van der Waals surface area (Å²) in [6.07, 6.45) is 6.11. The van der Waals surface area contributed by atoms with Crippen molar-refractivity contribution in [3.8, 4) is 11.1 Å². The highest BCUT2D eigenvalue weighted by molar-refractivity contribution is 7.89. The number of aromatic nitrogens is 2. The van der Waals surface area contributed by atoms with E-state index in [1.807, 2.05) is 12.3 Å². The van der Waals surface area contributed by atoms with Gasteiger partial charge < -0.3 is 14.5 Å². The van der Waals surface area contributed by atoms with Gasteiger partial charge in [0.05, 0.1) is 4.90 Å².